The van der Waals surface area contributed by atoms with Crippen molar-refractivity contribution in [3.63, 3.8) is 0 Å². The zero-order chi connectivity index (χ0) is 14.7. The van der Waals surface area contributed by atoms with Crippen molar-refractivity contribution < 1.29 is 0 Å². The highest BCUT2D eigenvalue weighted by Crippen LogP contribution is 2.46. The summed E-state index contributed by atoms with van der Waals surface area (Å²) in [5.74, 6) is 0. The van der Waals surface area contributed by atoms with Crippen LogP contribution in [0.4, 0.5) is 5.69 Å². The molecule has 22 heavy (non-hydrogen) atoms. The fourth-order valence-electron chi connectivity index (χ4n) is 4.35. The van der Waals surface area contributed by atoms with Crippen molar-refractivity contribution in [2.24, 2.45) is 0 Å². The van der Waals surface area contributed by atoms with E-state index in [0.717, 1.165) is 13.0 Å². The van der Waals surface area contributed by atoms with Crippen LogP contribution >= 0.6 is 0 Å². The topological polar surface area (TPSA) is 3.24 Å². The van der Waals surface area contributed by atoms with Crippen LogP contribution in [-0.4, -0.2) is 13.1 Å². The van der Waals surface area contributed by atoms with Crippen LogP contribution in [0.25, 0.3) is 21.9 Å². The zero-order valence-electron chi connectivity index (χ0n) is 12.9. The maximum absolute atomic E-state index is 2.56. The molecule has 0 saturated heterocycles. The van der Waals surface area contributed by atoms with Crippen LogP contribution in [-0.2, 0) is 12.8 Å². The molecule has 0 fully saturated rings. The number of benzene rings is 3. The summed E-state index contributed by atoms with van der Waals surface area (Å²) in [6, 6.07) is 18.1. The minimum absolute atomic E-state index is 1.09. The standard InChI is InChI=1S/C21H19N/c1-2-22-12-11-15-8-10-18-17-9-7-14-5-3-4-6-16(14)19(17)13-20(18)21(15)22/h3-10H,2,11-13H2,1H3. The maximum Gasteiger partial charge on any atom is 0.0441 e. The van der Waals surface area contributed by atoms with Crippen LogP contribution in [0, 0.1) is 0 Å². The van der Waals surface area contributed by atoms with E-state index in [2.05, 4.69) is 60.4 Å². The van der Waals surface area contributed by atoms with E-state index >= 15 is 0 Å². The third kappa shape index (κ3) is 1.49. The molecular weight excluding hydrogens is 266 g/mol. The van der Waals surface area contributed by atoms with Crippen LogP contribution in [0.15, 0.2) is 48.5 Å². The lowest BCUT2D eigenvalue weighted by molar-refractivity contribution is 0.865. The fourth-order valence-corrected chi connectivity index (χ4v) is 4.35. The molecule has 3 aromatic rings. The van der Waals surface area contributed by atoms with Crippen LogP contribution < -0.4 is 4.90 Å². The SMILES string of the molecule is CCN1CCc2ccc3c(c21)Cc1c-3ccc2ccccc12. The smallest absolute Gasteiger partial charge is 0.0441 e. The molecule has 108 valence electrons. The second kappa shape index (κ2) is 4.36. The van der Waals surface area contributed by atoms with Gasteiger partial charge in [-0.05, 0) is 51.9 Å². The molecule has 0 radical (unpaired) electrons. The van der Waals surface area contributed by atoms with Gasteiger partial charge in [-0.3, -0.25) is 0 Å². The number of fused-ring (bicyclic) bond motifs is 7. The van der Waals surface area contributed by atoms with Gasteiger partial charge in [0.15, 0.2) is 0 Å². The Balaban J connectivity index is 1.79. The van der Waals surface area contributed by atoms with Gasteiger partial charge in [0, 0.05) is 25.2 Å². The summed E-state index contributed by atoms with van der Waals surface area (Å²) < 4.78 is 0. The Morgan fingerprint density at radius 1 is 0.909 bits per heavy atom. The summed E-state index contributed by atoms with van der Waals surface area (Å²) >= 11 is 0. The van der Waals surface area contributed by atoms with Gasteiger partial charge < -0.3 is 4.90 Å². The molecule has 1 nitrogen and oxygen atoms in total. The quantitative estimate of drug-likeness (QED) is 0.486. The summed E-state index contributed by atoms with van der Waals surface area (Å²) in [6.07, 6.45) is 2.29. The minimum Gasteiger partial charge on any atom is -0.371 e. The van der Waals surface area contributed by atoms with E-state index < -0.39 is 0 Å². The van der Waals surface area contributed by atoms with Crippen molar-refractivity contribution in [3.8, 4) is 11.1 Å². The van der Waals surface area contributed by atoms with E-state index in [1.54, 1.807) is 5.56 Å². The van der Waals surface area contributed by atoms with Crippen LogP contribution in [0.3, 0.4) is 0 Å². The normalized spacial score (nSPS) is 15.0. The van der Waals surface area contributed by atoms with Crippen LogP contribution in [0.5, 0.6) is 0 Å². The first-order valence-electron chi connectivity index (χ1n) is 8.27. The van der Waals surface area contributed by atoms with Crippen molar-refractivity contribution in [3.05, 3.63) is 65.2 Å². The van der Waals surface area contributed by atoms with Gasteiger partial charge >= 0.3 is 0 Å². The molecule has 0 bridgehead atoms. The molecule has 0 N–H and O–H groups in total. The number of rotatable bonds is 1. The summed E-state index contributed by atoms with van der Waals surface area (Å²) in [5, 5.41) is 2.78. The van der Waals surface area contributed by atoms with Crippen LogP contribution in [0.2, 0.25) is 0 Å². The van der Waals surface area contributed by atoms with Gasteiger partial charge in [-0.25, -0.2) is 0 Å². The highest BCUT2D eigenvalue weighted by Gasteiger charge is 2.29. The van der Waals surface area contributed by atoms with E-state index in [0.29, 0.717) is 0 Å². The lowest BCUT2D eigenvalue weighted by atomic mass is 9.99. The van der Waals surface area contributed by atoms with Crippen molar-refractivity contribution >= 4 is 16.5 Å². The summed E-state index contributed by atoms with van der Waals surface area (Å²) in [7, 11) is 0. The lowest BCUT2D eigenvalue weighted by Crippen LogP contribution is -2.20. The molecule has 0 atom stereocenters. The molecule has 0 amide bonds. The maximum atomic E-state index is 2.56. The minimum atomic E-state index is 1.09. The monoisotopic (exact) mass is 285 g/mol. The Hall–Kier alpha value is -2.28. The first kappa shape index (κ1) is 12.3. The van der Waals surface area contributed by atoms with Crippen molar-refractivity contribution in [2.45, 2.75) is 19.8 Å². The van der Waals surface area contributed by atoms with Gasteiger partial charge in [-0.2, -0.15) is 0 Å². The van der Waals surface area contributed by atoms with Gasteiger partial charge in [0.1, 0.15) is 0 Å². The summed E-state index contributed by atoms with van der Waals surface area (Å²) in [6.45, 7) is 4.56. The first-order valence-corrected chi connectivity index (χ1v) is 8.27. The molecule has 0 aromatic heterocycles. The van der Waals surface area contributed by atoms with Crippen molar-refractivity contribution in [1.82, 2.24) is 0 Å². The number of likely N-dealkylation sites (N-methyl/N-ethyl adjacent to an activating group) is 1. The summed E-state index contributed by atoms with van der Waals surface area (Å²) in [4.78, 5) is 2.56. The van der Waals surface area contributed by atoms with Crippen molar-refractivity contribution in [1.29, 1.82) is 0 Å². The molecule has 0 spiro atoms. The fraction of sp³-hybridized carbons (Fsp3) is 0.238. The van der Waals surface area contributed by atoms with Gasteiger partial charge in [-0.15, -0.1) is 0 Å². The molecule has 3 aromatic carbocycles. The molecule has 5 rings (SSSR count). The number of nitrogens with zero attached hydrogens (tertiary/aromatic N) is 1. The van der Waals surface area contributed by atoms with Crippen molar-refractivity contribution in [2.75, 3.05) is 18.0 Å². The average Bonchev–Trinajstić information content (AvgIpc) is 3.15. The molecule has 2 aliphatic rings. The van der Waals surface area contributed by atoms with Crippen LogP contribution in [0.1, 0.15) is 23.6 Å². The summed E-state index contributed by atoms with van der Waals surface area (Å²) in [5.41, 5.74) is 9.05. The van der Waals surface area contributed by atoms with Gasteiger partial charge in [0.2, 0.25) is 0 Å². The molecule has 1 aliphatic carbocycles. The zero-order valence-corrected chi connectivity index (χ0v) is 12.9. The number of hydrogen-bond donors (Lipinski definition) is 0. The van der Waals surface area contributed by atoms with E-state index in [9.17, 15) is 0 Å². The predicted octanol–water partition coefficient (Wildman–Crippen LogP) is 4.79. The highest BCUT2D eigenvalue weighted by atomic mass is 15.1. The average molecular weight is 285 g/mol. The third-order valence-corrected chi connectivity index (χ3v) is 5.40. The van der Waals surface area contributed by atoms with Gasteiger partial charge in [-0.1, -0.05) is 48.5 Å². The number of hydrogen-bond acceptors (Lipinski definition) is 1. The molecule has 0 saturated carbocycles. The van der Waals surface area contributed by atoms with E-state index in [-0.39, 0.29) is 0 Å². The highest BCUT2D eigenvalue weighted by molar-refractivity contribution is 5.97. The van der Waals surface area contributed by atoms with Gasteiger partial charge in [0.05, 0.1) is 0 Å². The van der Waals surface area contributed by atoms with Gasteiger partial charge in [0.25, 0.3) is 0 Å². The molecule has 1 heterocycles. The Morgan fingerprint density at radius 2 is 1.73 bits per heavy atom. The number of anilines is 1. The first-order chi connectivity index (χ1) is 10.9. The van der Waals surface area contributed by atoms with E-state index in [1.807, 2.05) is 0 Å². The Kier molecular flexibility index (Phi) is 2.43. The Bertz CT molecular complexity index is 907. The Morgan fingerprint density at radius 3 is 2.64 bits per heavy atom. The third-order valence-electron chi connectivity index (χ3n) is 5.40. The van der Waals surface area contributed by atoms with E-state index in [1.165, 1.54) is 51.7 Å². The predicted molar refractivity (Wildman–Crippen MR) is 93.8 cm³/mol. The lowest BCUT2D eigenvalue weighted by Gasteiger charge is -2.20. The largest absolute Gasteiger partial charge is 0.371 e. The molecule has 0 unspecified atom stereocenters. The molecule has 1 aliphatic heterocycles. The molecular formula is C21H19N. The Labute approximate surface area is 131 Å². The van der Waals surface area contributed by atoms with E-state index in [4.69, 9.17) is 0 Å². The molecule has 1 heteroatoms. The second-order valence-corrected chi connectivity index (χ2v) is 6.42. The second-order valence-electron chi connectivity index (χ2n) is 6.42.